The van der Waals surface area contributed by atoms with Gasteiger partial charge in [0.05, 0.1) is 11.6 Å². The van der Waals surface area contributed by atoms with Crippen molar-refractivity contribution < 1.29 is 4.79 Å². The summed E-state index contributed by atoms with van der Waals surface area (Å²) in [5, 5.41) is 9.10. The average molecular weight is 358 g/mol. The summed E-state index contributed by atoms with van der Waals surface area (Å²) in [5.41, 5.74) is 3.78. The number of rotatable bonds is 5. The predicted molar refractivity (Wildman–Crippen MR) is 106 cm³/mol. The number of carbonyl (C=O) groups is 1. The summed E-state index contributed by atoms with van der Waals surface area (Å²) in [7, 11) is 0. The molecule has 0 unspecified atom stereocenters. The normalized spacial score (nSPS) is 17.3. The van der Waals surface area contributed by atoms with Crippen molar-refractivity contribution in [1.82, 2.24) is 4.90 Å². The van der Waals surface area contributed by atoms with Gasteiger partial charge in [0, 0.05) is 18.2 Å². The van der Waals surface area contributed by atoms with Crippen molar-refractivity contribution in [2.75, 3.05) is 0 Å². The Morgan fingerprint density at radius 1 is 1.00 bits per heavy atom. The number of hydrogen-bond acceptors (Lipinski definition) is 2. The van der Waals surface area contributed by atoms with Crippen LogP contribution >= 0.6 is 0 Å². The van der Waals surface area contributed by atoms with Crippen LogP contribution < -0.4 is 0 Å². The molecule has 0 atom stereocenters. The highest BCUT2D eigenvalue weighted by molar-refractivity contribution is 5.95. The number of nitriles is 1. The van der Waals surface area contributed by atoms with Gasteiger partial charge in [0.2, 0.25) is 0 Å². The molecular formula is C24H26N2O. The van der Waals surface area contributed by atoms with E-state index in [4.69, 9.17) is 5.26 Å². The minimum atomic E-state index is 0.0333. The Bertz CT molecular complexity index is 839. The third-order valence-corrected chi connectivity index (χ3v) is 5.90. The van der Waals surface area contributed by atoms with Gasteiger partial charge in [-0.3, -0.25) is 4.79 Å². The number of amides is 1. The average Bonchev–Trinajstić information content (AvgIpc) is 3.58. The Balaban J connectivity index is 1.48. The van der Waals surface area contributed by atoms with E-state index < -0.39 is 0 Å². The molecule has 2 aliphatic carbocycles. The van der Waals surface area contributed by atoms with Gasteiger partial charge < -0.3 is 4.90 Å². The standard InChI is InChI=1S/C24H26N2O/c25-16-19-5-4-8-22(15-19)24(27)26(23-13-14-23)17-18-9-11-21(12-10-18)20-6-2-1-3-7-20/h4-5,8-12,15,20,23H,1-3,6-7,13-14,17H2. The molecule has 3 heteroatoms. The van der Waals surface area contributed by atoms with Gasteiger partial charge in [-0.05, 0) is 60.9 Å². The maximum absolute atomic E-state index is 13.0. The summed E-state index contributed by atoms with van der Waals surface area (Å²) < 4.78 is 0. The van der Waals surface area contributed by atoms with Crippen molar-refractivity contribution in [1.29, 1.82) is 5.26 Å². The highest BCUT2D eigenvalue weighted by Crippen LogP contribution is 2.33. The number of hydrogen-bond donors (Lipinski definition) is 0. The van der Waals surface area contributed by atoms with Crippen LogP contribution in [-0.2, 0) is 6.54 Å². The zero-order valence-corrected chi connectivity index (χ0v) is 15.7. The molecule has 0 heterocycles. The van der Waals surface area contributed by atoms with E-state index in [1.54, 1.807) is 18.2 Å². The SMILES string of the molecule is N#Cc1cccc(C(=O)N(Cc2ccc(C3CCCCC3)cc2)C2CC2)c1. The van der Waals surface area contributed by atoms with Gasteiger partial charge >= 0.3 is 0 Å². The first kappa shape index (κ1) is 17.8. The van der Waals surface area contributed by atoms with E-state index in [0.29, 0.717) is 29.6 Å². The number of nitrogens with zero attached hydrogens (tertiary/aromatic N) is 2. The highest BCUT2D eigenvalue weighted by atomic mass is 16.2. The molecule has 0 aliphatic heterocycles. The fourth-order valence-electron chi connectivity index (χ4n) is 4.17. The van der Waals surface area contributed by atoms with Crippen molar-refractivity contribution in [3.63, 3.8) is 0 Å². The Hall–Kier alpha value is -2.60. The van der Waals surface area contributed by atoms with Crippen LogP contribution in [0.5, 0.6) is 0 Å². The topological polar surface area (TPSA) is 44.1 Å². The van der Waals surface area contributed by atoms with Gasteiger partial charge in [0.1, 0.15) is 0 Å². The van der Waals surface area contributed by atoms with Crippen molar-refractivity contribution in [2.45, 2.75) is 63.5 Å². The second-order valence-corrected chi connectivity index (χ2v) is 7.93. The first-order chi connectivity index (χ1) is 13.2. The van der Waals surface area contributed by atoms with Crippen molar-refractivity contribution in [2.24, 2.45) is 0 Å². The van der Waals surface area contributed by atoms with Gasteiger partial charge in [-0.15, -0.1) is 0 Å². The summed E-state index contributed by atoms with van der Waals surface area (Å²) in [6, 6.07) is 18.4. The molecule has 1 amide bonds. The predicted octanol–water partition coefficient (Wildman–Crippen LogP) is 5.41. The Morgan fingerprint density at radius 3 is 2.41 bits per heavy atom. The van der Waals surface area contributed by atoms with Crippen LogP contribution in [0.3, 0.4) is 0 Å². The zero-order valence-electron chi connectivity index (χ0n) is 15.7. The maximum atomic E-state index is 13.0. The molecule has 0 N–H and O–H groups in total. The molecule has 2 aromatic rings. The van der Waals surface area contributed by atoms with Crippen LogP contribution in [0, 0.1) is 11.3 Å². The maximum Gasteiger partial charge on any atom is 0.254 e. The molecule has 3 nitrogen and oxygen atoms in total. The molecule has 0 saturated heterocycles. The minimum absolute atomic E-state index is 0.0333. The smallest absolute Gasteiger partial charge is 0.254 e. The van der Waals surface area contributed by atoms with E-state index in [1.165, 1.54) is 43.2 Å². The summed E-state index contributed by atoms with van der Waals surface area (Å²) in [4.78, 5) is 15.0. The third-order valence-electron chi connectivity index (χ3n) is 5.90. The van der Waals surface area contributed by atoms with E-state index in [-0.39, 0.29) is 5.91 Å². The van der Waals surface area contributed by atoms with E-state index in [0.717, 1.165) is 12.8 Å². The first-order valence-electron chi connectivity index (χ1n) is 10.1. The molecule has 2 aliphatic rings. The lowest BCUT2D eigenvalue weighted by Gasteiger charge is -2.24. The van der Waals surface area contributed by atoms with Crippen LogP contribution in [0.15, 0.2) is 48.5 Å². The summed E-state index contributed by atoms with van der Waals surface area (Å²) in [5.74, 6) is 0.744. The summed E-state index contributed by atoms with van der Waals surface area (Å²) >= 11 is 0. The van der Waals surface area contributed by atoms with Crippen molar-refractivity contribution in [3.8, 4) is 6.07 Å². The van der Waals surface area contributed by atoms with Crippen LogP contribution in [-0.4, -0.2) is 16.8 Å². The third kappa shape index (κ3) is 4.22. The molecule has 0 spiro atoms. The first-order valence-corrected chi connectivity index (χ1v) is 10.1. The lowest BCUT2D eigenvalue weighted by molar-refractivity contribution is 0.0730. The van der Waals surface area contributed by atoms with Crippen molar-refractivity contribution >= 4 is 5.91 Å². The lowest BCUT2D eigenvalue weighted by atomic mass is 9.84. The number of benzene rings is 2. The number of carbonyl (C=O) groups excluding carboxylic acids is 1. The van der Waals surface area contributed by atoms with E-state index in [2.05, 4.69) is 30.3 Å². The Labute approximate surface area is 161 Å². The molecule has 2 saturated carbocycles. The van der Waals surface area contributed by atoms with Crippen LogP contribution in [0.4, 0.5) is 0 Å². The molecular weight excluding hydrogens is 332 g/mol. The molecule has 2 aromatic carbocycles. The monoisotopic (exact) mass is 358 g/mol. The second kappa shape index (κ2) is 7.96. The van der Waals surface area contributed by atoms with Crippen molar-refractivity contribution in [3.05, 3.63) is 70.8 Å². The summed E-state index contributed by atoms with van der Waals surface area (Å²) in [6.07, 6.45) is 8.83. The van der Waals surface area contributed by atoms with Gasteiger partial charge in [0.25, 0.3) is 5.91 Å². The van der Waals surface area contributed by atoms with Crippen LogP contribution in [0.1, 0.15) is 77.9 Å². The van der Waals surface area contributed by atoms with Gasteiger partial charge in [-0.25, -0.2) is 0 Å². The molecule has 138 valence electrons. The largest absolute Gasteiger partial charge is 0.331 e. The van der Waals surface area contributed by atoms with Gasteiger partial charge in [-0.1, -0.05) is 49.6 Å². The van der Waals surface area contributed by atoms with E-state index in [9.17, 15) is 4.79 Å². The molecule has 2 fully saturated rings. The highest BCUT2D eigenvalue weighted by Gasteiger charge is 2.33. The molecule has 4 rings (SSSR count). The molecule has 27 heavy (non-hydrogen) atoms. The second-order valence-electron chi connectivity index (χ2n) is 7.93. The van der Waals surface area contributed by atoms with Crippen LogP contribution in [0.25, 0.3) is 0 Å². The quantitative estimate of drug-likeness (QED) is 0.717. The van der Waals surface area contributed by atoms with E-state index >= 15 is 0 Å². The minimum Gasteiger partial charge on any atom is -0.331 e. The fourth-order valence-corrected chi connectivity index (χ4v) is 4.17. The van der Waals surface area contributed by atoms with Gasteiger partial charge in [-0.2, -0.15) is 5.26 Å². The molecule has 0 bridgehead atoms. The van der Waals surface area contributed by atoms with Crippen LogP contribution in [0.2, 0.25) is 0 Å². The Morgan fingerprint density at radius 2 is 1.74 bits per heavy atom. The van der Waals surface area contributed by atoms with E-state index in [1.807, 2.05) is 11.0 Å². The lowest BCUT2D eigenvalue weighted by Crippen LogP contribution is -2.32. The summed E-state index contributed by atoms with van der Waals surface area (Å²) in [6.45, 7) is 0.644. The molecule has 0 radical (unpaired) electrons. The fraction of sp³-hybridized carbons (Fsp3) is 0.417. The Kier molecular flexibility index (Phi) is 5.25. The van der Waals surface area contributed by atoms with Gasteiger partial charge in [0.15, 0.2) is 0 Å². The molecule has 0 aromatic heterocycles. The zero-order chi connectivity index (χ0) is 18.6.